The first-order valence-electron chi connectivity index (χ1n) is 2.06. The second-order valence-corrected chi connectivity index (χ2v) is 0.645. The molecular formula is C3H6BFO2. The second-order valence-electron chi connectivity index (χ2n) is 0.645. The highest BCUT2D eigenvalue weighted by Crippen LogP contribution is 1.42. The summed E-state index contributed by atoms with van der Waals surface area (Å²) in [5.41, 5.74) is 0. The van der Waals surface area contributed by atoms with Crippen molar-refractivity contribution in [1.29, 1.82) is 0 Å². The standard InChI is InChI=1S/C2H4O2.CH2BF/c1-2(3)4;2-1-3/h1H3,(H,3,4);1H2/i;1T. The Bertz CT molecular complexity index is 61.5. The maximum Gasteiger partial charge on any atom is 0.300 e. The molecule has 0 saturated heterocycles. The van der Waals surface area contributed by atoms with E-state index in [1.165, 1.54) is 0 Å². The summed E-state index contributed by atoms with van der Waals surface area (Å²) in [6.45, 7) is -0.833. The first kappa shape index (κ1) is 6.46. The Kier molecular flexibility index (Phi) is 8.38. The van der Waals surface area contributed by atoms with Crippen LogP contribution in [-0.2, 0) is 4.79 Å². The van der Waals surface area contributed by atoms with Crippen LogP contribution in [0.3, 0.4) is 0 Å². The van der Waals surface area contributed by atoms with E-state index in [1.807, 2.05) is 0 Å². The van der Waals surface area contributed by atoms with Gasteiger partial charge in [0.1, 0.15) is 7.85 Å². The van der Waals surface area contributed by atoms with Crippen LogP contribution in [0.5, 0.6) is 0 Å². The van der Waals surface area contributed by atoms with Crippen molar-refractivity contribution in [3.05, 3.63) is 0 Å². The molecule has 0 aromatic rings. The van der Waals surface area contributed by atoms with Crippen LogP contribution in [-0.4, -0.2) is 25.5 Å². The van der Waals surface area contributed by atoms with Gasteiger partial charge >= 0.3 is 0 Å². The predicted octanol–water partition coefficient (Wildman–Crippen LogP) is 0.173. The summed E-state index contributed by atoms with van der Waals surface area (Å²) in [6.07, 6.45) is 0. The lowest BCUT2D eigenvalue weighted by molar-refractivity contribution is -0.134. The van der Waals surface area contributed by atoms with E-state index in [0.29, 0.717) is 0 Å². The molecule has 1 atom stereocenters. The third kappa shape index (κ3) is 229. The van der Waals surface area contributed by atoms with Gasteiger partial charge in [-0.3, -0.25) is 9.18 Å². The smallest absolute Gasteiger partial charge is 0.300 e. The molecule has 0 aliphatic heterocycles. The molecule has 4 heteroatoms. The first-order valence-corrected chi connectivity index (χ1v) is 1.48. The molecule has 2 nitrogen and oxygen atoms in total. The molecule has 1 N–H and O–H groups in total. The minimum atomic E-state index is -1.92. The minimum absolute atomic E-state index is 0.833. The van der Waals surface area contributed by atoms with E-state index in [-0.39, 0.29) is 0 Å². The zero-order valence-corrected chi connectivity index (χ0v) is 3.89. The van der Waals surface area contributed by atoms with E-state index >= 15 is 0 Å². The van der Waals surface area contributed by atoms with Crippen molar-refractivity contribution in [3.8, 4) is 0 Å². The van der Waals surface area contributed by atoms with E-state index in [4.69, 9.17) is 11.3 Å². The number of hydrogen-bond donors (Lipinski definition) is 1. The summed E-state index contributed by atoms with van der Waals surface area (Å²) >= 11 is 0. The van der Waals surface area contributed by atoms with Gasteiger partial charge in [-0.25, -0.2) is 0 Å². The fourth-order valence-electron chi connectivity index (χ4n) is 0. The molecule has 2 radical (unpaired) electrons. The van der Waals surface area contributed by atoms with Crippen molar-refractivity contribution in [2.45, 2.75) is 6.92 Å². The van der Waals surface area contributed by atoms with Crippen LogP contribution in [0.25, 0.3) is 0 Å². The van der Waals surface area contributed by atoms with Gasteiger partial charge in [0.2, 0.25) is 0 Å². The van der Waals surface area contributed by atoms with Gasteiger partial charge in [0.05, 0.1) is 1.37 Å². The SMILES string of the molecule is CC(=O)O.[3H]C([B])F. The van der Waals surface area contributed by atoms with E-state index in [0.717, 1.165) is 6.92 Å². The van der Waals surface area contributed by atoms with Crippen LogP contribution in [0.4, 0.5) is 4.39 Å². The minimum Gasteiger partial charge on any atom is -0.481 e. The van der Waals surface area contributed by atoms with Crippen LogP contribution < -0.4 is 0 Å². The number of carbonyl (C=O) groups is 1. The monoisotopic (exact) mass is 106 g/mol. The maximum absolute atomic E-state index is 10.4. The van der Waals surface area contributed by atoms with E-state index in [1.54, 1.807) is 0 Å². The lowest BCUT2D eigenvalue weighted by Crippen LogP contribution is -1.78. The average molecular weight is 106 g/mol. The molecule has 0 aliphatic rings. The Balaban J connectivity index is 0. The van der Waals surface area contributed by atoms with Crippen LogP contribution in [0, 0.1) is 0 Å². The summed E-state index contributed by atoms with van der Waals surface area (Å²) in [6, 6.07) is 0. The first-order chi connectivity index (χ1) is 3.46. The van der Waals surface area contributed by atoms with Gasteiger partial charge in [-0.2, -0.15) is 0 Å². The fraction of sp³-hybridized carbons (Fsp3) is 0.667. The molecular weight excluding hydrogens is 97.8 g/mol. The second kappa shape index (κ2) is 9.07. The summed E-state index contributed by atoms with van der Waals surface area (Å²) in [5, 5.41) is 7.42. The van der Waals surface area contributed by atoms with Crippen molar-refractivity contribution < 1.29 is 15.7 Å². The fourth-order valence-corrected chi connectivity index (χ4v) is 0. The highest BCUT2D eigenvalue weighted by Gasteiger charge is 1.65. The number of rotatable bonds is 0. The maximum atomic E-state index is 10.4. The van der Waals surface area contributed by atoms with Crippen LogP contribution in [0.2, 0.25) is 0 Å². The summed E-state index contributed by atoms with van der Waals surface area (Å²) in [4.78, 5) is 9.00. The molecule has 1 unspecified atom stereocenters. The lowest BCUT2D eigenvalue weighted by Gasteiger charge is -1.59. The summed E-state index contributed by atoms with van der Waals surface area (Å²) in [5.74, 6) is -0.833. The van der Waals surface area contributed by atoms with Gasteiger partial charge in [0.25, 0.3) is 5.97 Å². The van der Waals surface area contributed by atoms with Crippen molar-refractivity contribution >= 4 is 13.8 Å². The molecule has 7 heavy (non-hydrogen) atoms. The third-order valence-corrected chi connectivity index (χ3v) is 0. The van der Waals surface area contributed by atoms with Crippen molar-refractivity contribution in [3.63, 3.8) is 0 Å². The number of aliphatic carboxylic acids is 1. The number of carboxylic acid groups (broad SMARTS) is 1. The largest absolute Gasteiger partial charge is 0.481 e. The molecule has 0 saturated carbocycles. The Morgan fingerprint density at radius 1 is 2.29 bits per heavy atom. The van der Waals surface area contributed by atoms with E-state index in [9.17, 15) is 4.39 Å². The zero-order chi connectivity index (χ0) is 7.15. The molecule has 0 aromatic heterocycles. The molecule has 0 bridgehead atoms. The number of hydrogen-bond acceptors (Lipinski definition) is 1. The molecule has 0 rings (SSSR count). The van der Waals surface area contributed by atoms with Crippen molar-refractivity contribution in [1.82, 2.24) is 0 Å². The van der Waals surface area contributed by atoms with Crippen molar-refractivity contribution in [2.75, 3.05) is 6.55 Å². The van der Waals surface area contributed by atoms with Gasteiger partial charge in [-0.05, 0) is 0 Å². The van der Waals surface area contributed by atoms with Gasteiger partial charge in [-0.15, -0.1) is 0 Å². The molecule has 0 aromatic carbocycles. The average Bonchev–Trinajstić information content (AvgIpc) is 1.25. The number of alkyl halides is 1. The lowest BCUT2D eigenvalue weighted by atomic mass is 10.2. The van der Waals surface area contributed by atoms with Gasteiger partial charge in [-0.1, -0.05) is 0 Å². The third-order valence-electron chi connectivity index (χ3n) is 0. The van der Waals surface area contributed by atoms with Crippen molar-refractivity contribution in [2.24, 2.45) is 0 Å². The Morgan fingerprint density at radius 3 is 2.29 bits per heavy atom. The Morgan fingerprint density at radius 2 is 2.29 bits per heavy atom. The highest BCUT2D eigenvalue weighted by molar-refractivity contribution is 6.07. The highest BCUT2D eigenvalue weighted by atomic mass is 19.1. The Hall–Kier alpha value is -0.535. The molecule has 40 valence electrons. The summed E-state index contributed by atoms with van der Waals surface area (Å²) < 4.78 is 16.1. The molecule has 0 aliphatic carbocycles. The van der Waals surface area contributed by atoms with Gasteiger partial charge in [0, 0.05) is 13.5 Å². The van der Waals surface area contributed by atoms with E-state index in [2.05, 4.69) is 7.85 Å². The molecule has 0 amide bonds. The zero-order valence-electron chi connectivity index (χ0n) is 4.89. The quantitative estimate of drug-likeness (QED) is 0.447. The van der Waals surface area contributed by atoms with Gasteiger partial charge < -0.3 is 5.11 Å². The molecule has 0 fully saturated rings. The molecule has 0 heterocycles. The number of carboxylic acids is 1. The van der Waals surface area contributed by atoms with E-state index < -0.39 is 12.5 Å². The predicted molar refractivity (Wildman–Crippen MR) is 25.0 cm³/mol. The normalized spacial score (nSPS) is 12.6. The van der Waals surface area contributed by atoms with Crippen LogP contribution in [0.15, 0.2) is 0 Å². The molecule has 0 spiro atoms. The number of halogens is 1. The Labute approximate surface area is 44.2 Å². The van der Waals surface area contributed by atoms with Gasteiger partial charge in [0.15, 0.2) is 0 Å². The van der Waals surface area contributed by atoms with Crippen LogP contribution in [0.1, 0.15) is 8.29 Å². The summed E-state index contributed by atoms with van der Waals surface area (Å²) in [7, 11) is 4.11. The topological polar surface area (TPSA) is 37.3 Å². The van der Waals surface area contributed by atoms with Crippen LogP contribution >= 0.6 is 0 Å².